The Hall–Kier alpha value is -2.89. The van der Waals surface area contributed by atoms with E-state index >= 15 is 0 Å². The SMILES string of the molecule is C=CCOc1noc2ccc(-n3c(O)c4c(c3O)CCCC4)cc12. The van der Waals surface area contributed by atoms with Crippen molar-refractivity contribution in [2.24, 2.45) is 0 Å². The second-order valence-electron chi connectivity index (χ2n) is 5.91. The van der Waals surface area contributed by atoms with Crippen LogP contribution in [0.4, 0.5) is 0 Å². The summed E-state index contributed by atoms with van der Waals surface area (Å²) in [5.41, 5.74) is 2.90. The summed E-state index contributed by atoms with van der Waals surface area (Å²) in [7, 11) is 0. The highest BCUT2D eigenvalue weighted by atomic mass is 16.5. The number of aromatic hydroxyl groups is 2. The largest absolute Gasteiger partial charge is 0.494 e. The Morgan fingerprint density at radius 1 is 1.21 bits per heavy atom. The van der Waals surface area contributed by atoms with E-state index in [-0.39, 0.29) is 11.8 Å². The van der Waals surface area contributed by atoms with Gasteiger partial charge in [-0.25, -0.2) is 0 Å². The molecule has 1 aliphatic rings. The third-order valence-corrected chi connectivity index (χ3v) is 4.45. The Morgan fingerprint density at radius 2 is 1.92 bits per heavy atom. The van der Waals surface area contributed by atoms with Crippen molar-refractivity contribution in [3.63, 3.8) is 0 Å². The topological polar surface area (TPSA) is 80.7 Å². The Balaban J connectivity index is 1.85. The Kier molecular flexibility index (Phi) is 3.45. The number of benzene rings is 1. The lowest BCUT2D eigenvalue weighted by molar-refractivity contribution is 0.317. The number of hydrogen-bond acceptors (Lipinski definition) is 5. The number of hydrogen-bond donors (Lipinski definition) is 2. The van der Waals surface area contributed by atoms with Crippen LogP contribution in [0.5, 0.6) is 17.6 Å². The summed E-state index contributed by atoms with van der Waals surface area (Å²) in [6, 6.07) is 5.31. The van der Waals surface area contributed by atoms with E-state index < -0.39 is 0 Å². The molecule has 0 unspecified atom stereocenters. The first-order valence-electron chi connectivity index (χ1n) is 7.98. The summed E-state index contributed by atoms with van der Waals surface area (Å²) < 4.78 is 12.2. The van der Waals surface area contributed by atoms with Crippen LogP contribution in [-0.4, -0.2) is 26.5 Å². The predicted octanol–water partition coefficient (Wildman–Crippen LogP) is 3.47. The summed E-state index contributed by atoms with van der Waals surface area (Å²) in [4.78, 5) is 0. The van der Waals surface area contributed by atoms with Crippen molar-refractivity contribution < 1.29 is 19.5 Å². The van der Waals surface area contributed by atoms with Crippen LogP contribution in [0.15, 0.2) is 35.4 Å². The fourth-order valence-electron chi connectivity index (χ4n) is 3.30. The van der Waals surface area contributed by atoms with Gasteiger partial charge in [0.1, 0.15) is 6.61 Å². The summed E-state index contributed by atoms with van der Waals surface area (Å²) in [5.74, 6) is 0.570. The molecule has 1 aromatic carbocycles. The Morgan fingerprint density at radius 3 is 2.58 bits per heavy atom. The molecule has 0 fully saturated rings. The van der Waals surface area contributed by atoms with Gasteiger partial charge < -0.3 is 19.5 Å². The Labute approximate surface area is 138 Å². The molecule has 0 radical (unpaired) electrons. The third kappa shape index (κ3) is 2.14. The van der Waals surface area contributed by atoms with Gasteiger partial charge in [-0.15, -0.1) is 0 Å². The maximum Gasteiger partial charge on any atom is 0.262 e. The highest BCUT2D eigenvalue weighted by Gasteiger charge is 2.25. The molecule has 2 N–H and O–H groups in total. The molecule has 1 aliphatic carbocycles. The molecule has 0 amide bonds. The second kappa shape index (κ2) is 5.63. The molecular weight excluding hydrogens is 308 g/mol. The molecule has 6 nitrogen and oxygen atoms in total. The van der Waals surface area contributed by atoms with Gasteiger partial charge in [0.2, 0.25) is 11.8 Å². The van der Waals surface area contributed by atoms with E-state index in [1.54, 1.807) is 24.3 Å². The molecule has 2 aromatic heterocycles. The number of rotatable bonds is 4. The lowest BCUT2D eigenvalue weighted by atomic mass is 9.95. The summed E-state index contributed by atoms with van der Waals surface area (Å²) in [6.07, 6.45) is 5.24. The molecule has 6 heteroatoms. The molecule has 4 rings (SSSR count). The van der Waals surface area contributed by atoms with Gasteiger partial charge in [0.25, 0.3) is 5.88 Å². The monoisotopic (exact) mass is 326 g/mol. The van der Waals surface area contributed by atoms with E-state index in [1.165, 1.54) is 4.57 Å². The van der Waals surface area contributed by atoms with Crippen LogP contribution in [-0.2, 0) is 12.8 Å². The van der Waals surface area contributed by atoms with Crippen molar-refractivity contribution in [1.82, 2.24) is 9.72 Å². The maximum atomic E-state index is 10.6. The first kappa shape index (κ1) is 14.7. The first-order valence-corrected chi connectivity index (χ1v) is 7.98. The van der Waals surface area contributed by atoms with Gasteiger partial charge in [-0.05, 0) is 49.0 Å². The number of fused-ring (bicyclic) bond motifs is 2. The highest BCUT2D eigenvalue weighted by molar-refractivity contribution is 5.84. The highest BCUT2D eigenvalue weighted by Crippen LogP contribution is 2.41. The average molecular weight is 326 g/mol. The van der Waals surface area contributed by atoms with E-state index in [0.717, 1.165) is 36.8 Å². The Bertz CT molecular complexity index is 893. The van der Waals surface area contributed by atoms with Crippen LogP contribution >= 0.6 is 0 Å². The molecule has 0 atom stereocenters. The molecule has 0 saturated carbocycles. The van der Waals surface area contributed by atoms with E-state index in [9.17, 15) is 10.2 Å². The fourth-order valence-corrected chi connectivity index (χ4v) is 3.30. The molecular formula is C18H18N2O4. The standard InChI is InChI=1S/C18H18N2O4/c1-2-9-23-16-14-10-11(7-8-15(14)24-19-16)20-17(21)12-5-3-4-6-13(12)18(20)22/h2,7-8,10,21-22H,1,3-6,9H2. The summed E-state index contributed by atoms with van der Waals surface area (Å²) in [6.45, 7) is 3.93. The minimum Gasteiger partial charge on any atom is -0.494 e. The lowest BCUT2D eigenvalue weighted by Crippen LogP contribution is -1.98. The van der Waals surface area contributed by atoms with Crippen LogP contribution in [0, 0.1) is 0 Å². The van der Waals surface area contributed by atoms with Gasteiger partial charge >= 0.3 is 0 Å². The van der Waals surface area contributed by atoms with Gasteiger partial charge in [0.15, 0.2) is 5.58 Å². The minimum absolute atomic E-state index is 0.103. The molecule has 0 bridgehead atoms. The maximum absolute atomic E-state index is 10.6. The first-order chi connectivity index (χ1) is 11.7. The van der Waals surface area contributed by atoms with Crippen molar-refractivity contribution in [2.45, 2.75) is 25.7 Å². The van der Waals surface area contributed by atoms with Crippen LogP contribution in [0.3, 0.4) is 0 Å². The smallest absolute Gasteiger partial charge is 0.262 e. The molecule has 0 saturated heterocycles. The number of aromatic nitrogens is 2. The van der Waals surface area contributed by atoms with Crippen molar-refractivity contribution in [3.05, 3.63) is 42.0 Å². The van der Waals surface area contributed by atoms with Gasteiger partial charge in [-0.2, -0.15) is 0 Å². The minimum atomic E-state index is 0.103. The normalized spacial score (nSPS) is 13.8. The van der Waals surface area contributed by atoms with Crippen LogP contribution < -0.4 is 4.74 Å². The van der Waals surface area contributed by atoms with Crippen LogP contribution in [0.25, 0.3) is 16.7 Å². The predicted molar refractivity (Wildman–Crippen MR) is 89.0 cm³/mol. The molecule has 124 valence electrons. The number of ether oxygens (including phenoxy) is 1. The van der Waals surface area contributed by atoms with Crippen LogP contribution in [0.1, 0.15) is 24.0 Å². The third-order valence-electron chi connectivity index (χ3n) is 4.45. The summed E-state index contributed by atoms with van der Waals surface area (Å²) in [5, 5.41) is 25.7. The second-order valence-corrected chi connectivity index (χ2v) is 5.91. The molecule has 24 heavy (non-hydrogen) atoms. The zero-order chi connectivity index (χ0) is 16.7. The summed E-state index contributed by atoms with van der Waals surface area (Å²) >= 11 is 0. The molecule has 2 heterocycles. The van der Waals surface area contributed by atoms with Gasteiger partial charge in [-0.1, -0.05) is 12.7 Å². The zero-order valence-electron chi connectivity index (χ0n) is 13.2. The van der Waals surface area contributed by atoms with E-state index in [4.69, 9.17) is 9.26 Å². The molecule has 0 aliphatic heterocycles. The molecule has 0 spiro atoms. The van der Waals surface area contributed by atoms with Crippen molar-refractivity contribution in [3.8, 4) is 23.3 Å². The van der Waals surface area contributed by atoms with Gasteiger partial charge in [0.05, 0.1) is 11.1 Å². The average Bonchev–Trinajstić information content (AvgIpc) is 3.12. The van der Waals surface area contributed by atoms with Gasteiger partial charge in [-0.3, -0.25) is 4.57 Å². The van der Waals surface area contributed by atoms with Crippen molar-refractivity contribution in [1.29, 1.82) is 0 Å². The fraction of sp³-hybridized carbons (Fsp3) is 0.278. The van der Waals surface area contributed by atoms with Crippen molar-refractivity contribution >= 4 is 11.0 Å². The zero-order valence-corrected chi connectivity index (χ0v) is 13.2. The van der Waals surface area contributed by atoms with E-state index in [2.05, 4.69) is 11.7 Å². The quantitative estimate of drug-likeness (QED) is 0.718. The number of nitrogens with zero attached hydrogens (tertiary/aromatic N) is 2. The van der Waals surface area contributed by atoms with E-state index in [0.29, 0.717) is 29.1 Å². The van der Waals surface area contributed by atoms with Crippen LogP contribution in [0.2, 0.25) is 0 Å². The van der Waals surface area contributed by atoms with E-state index in [1.807, 2.05) is 0 Å². The lowest BCUT2D eigenvalue weighted by Gasteiger charge is -2.09. The molecule has 3 aromatic rings. The van der Waals surface area contributed by atoms with Gasteiger partial charge in [0, 0.05) is 11.1 Å². The van der Waals surface area contributed by atoms with Crippen molar-refractivity contribution in [2.75, 3.05) is 6.61 Å².